The first-order valence-electron chi connectivity index (χ1n) is 8.24. The number of rotatable bonds is 5. The molecule has 1 N–H and O–H groups in total. The highest BCUT2D eigenvalue weighted by Crippen LogP contribution is 2.64. The summed E-state index contributed by atoms with van der Waals surface area (Å²) in [6.07, 6.45) is -3.03. The molecule has 2 bridgehead atoms. The van der Waals surface area contributed by atoms with Crippen LogP contribution >= 0.6 is 0 Å². The van der Waals surface area contributed by atoms with Crippen LogP contribution in [0.2, 0.25) is 0 Å². The van der Waals surface area contributed by atoms with E-state index < -0.39 is 27.6 Å². The van der Waals surface area contributed by atoms with Gasteiger partial charge in [-0.25, -0.2) is 8.42 Å². The first-order valence-corrected chi connectivity index (χ1v) is 9.89. The average molecular weight is 391 g/mol. The fraction of sp³-hybridized carbons (Fsp3) is 0.588. The zero-order valence-electron chi connectivity index (χ0n) is 14.4. The van der Waals surface area contributed by atoms with Crippen LogP contribution in [0.3, 0.4) is 0 Å². The molecule has 5 nitrogen and oxygen atoms in total. The van der Waals surface area contributed by atoms with Gasteiger partial charge in [-0.05, 0) is 48.4 Å². The van der Waals surface area contributed by atoms with Gasteiger partial charge in [0, 0.05) is 12.1 Å². The lowest BCUT2D eigenvalue weighted by Gasteiger charge is -2.36. The van der Waals surface area contributed by atoms with Gasteiger partial charge in [0.2, 0.25) is 10.0 Å². The Bertz CT molecular complexity index is 817. The van der Waals surface area contributed by atoms with E-state index in [0.29, 0.717) is 12.8 Å². The van der Waals surface area contributed by atoms with Gasteiger partial charge in [0.1, 0.15) is 11.5 Å². The summed E-state index contributed by atoms with van der Waals surface area (Å²) in [7, 11) is -3.85. The molecule has 0 heterocycles. The molecule has 2 fully saturated rings. The Kier molecular flexibility index (Phi) is 4.29. The molecular weight excluding hydrogens is 371 g/mol. The van der Waals surface area contributed by atoms with Crippen molar-refractivity contribution in [2.75, 3.05) is 10.5 Å². The van der Waals surface area contributed by atoms with E-state index in [1.54, 1.807) is 0 Å². The molecule has 0 saturated heterocycles. The molecule has 144 valence electrons. The third-order valence-corrected chi connectivity index (χ3v) is 7.36. The van der Waals surface area contributed by atoms with E-state index >= 15 is 0 Å². The summed E-state index contributed by atoms with van der Waals surface area (Å²) >= 11 is 0. The lowest BCUT2D eigenvalue weighted by Crippen LogP contribution is -2.43. The van der Waals surface area contributed by atoms with Gasteiger partial charge >= 0.3 is 6.36 Å². The zero-order valence-corrected chi connectivity index (χ0v) is 15.2. The predicted molar refractivity (Wildman–Crippen MR) is 89.1 cm³/mol. The molecule has 9 heteroatoms. The van der Waals surface area contributed by atoms with Gasteiger partial charge in [-0.3, -0.25) is 9.52 Å². The molecular formula is C17H20F3NO4S. The SMILES string of the molecule is CC1(C)[C@H]2CC[C@]1(CS(=O)(=O)Nc1ccc(OC(F)(F)F)cc1)C(=O)C2. The number of hydrogen-bond donors (Lipinski definition) is 1. The van der Waals surface area contributed by atoms with Crippen LogP contribution in [-0.2, 0) is 14.8 Å². The number of fused-ring (bicyclic) bond motifs is 2. The zero-order chi connectivity index (χ0) is 19.4. The lowest BCUT2D eigenvalue weighted by atomic mass is 9.70. The number of anilines is 1. The molecule has 1 aromatic carbocycles. The largest absolute Gasteiger partial charge is 0.573 e. The number of Topliss-reactive ketones (excluding diaryl/α,β-unsaturated/α-hetero) is 1. The van der Waals surface area contributed by atoms with Crippen LogP contribution in [0.1, 0.15) is 33.1 Å². The molecule has 0 aliphatic heterocycles. The number of alkyl halides is 3. The van der Waals surface area contributed by atoms with Crippen molar-refractivity contribution >= 4 is 21.5 Å². The number of ether oxygens (including phenoxy) is 1. The van der Waals surface area contributed by atoms with Crippen LogP contribution in [0.5, 0.6) is 5.75 Å². The van der Waals surface area contributed by atoms with Gasteiger partial charge in [-0.1, -0.05) is 13.8 Å². The fourth-order valence-corrected chi connectivity index (χ4v) is 6.27. The van der Waals surface area contributed by atoms with Crippen LogP contribution in [0.25, 0.3) is 0 Å². The molecule has 0 amide bonds. The maximum atomic E-state index is 12.6. The lowest BCUT2D eigenvalue weighted by molar-refractivity contribution is -0.274. The Morgan fingerprint density at radius 2 is 1.85 bits per heavy atom. The highest BCUT2D eigenvalue weighted by Gasteiger charge is 2.65. The summed E-state index contributed by atoms with van der Waals surface area (Å²) in [4.78, 5) is 12.5. The second kappa shape index (κ2) is 5.87. The molecule has 2 saturated carbocycles. The smallest absolute Gasteiger partial charge is 0.406 e. The van der Waals surface area contributed by atoms with E-state index in [-0.39, 0.29) is 28.6 Å². The van der Waals surface area contributed by atoms with Crippen LogP contribution in [0.4, 0.5) is 18.9 Å². The molecule has 2 atom stereocenters. The van der Waals surface area contributed by atoms with Crippen molar-refractivity contribution in [1.82, 2.24) is 0 Å². The number of hydrogen-bond acceptors (Lipinski definition) is 4. The normalized spacial score (nSPS) is 27.6. The number of carbonyl (C=O) groups is 1. The van der Waals surface area contributed by atoms with E-state index in [1.807, 2.05) is 13.8 Å². The molecule has 1 aromatic rings. The number of carbonyl (C=O) groups excluding carboxylic acids is 1. The molecule has 0 aromatic heterocycles. The van der Waals surface area contributed by atoms with Crippen LogP contribution in [0.15, 0.2) is 24.3 Å². The summed E-state index contributed by atoms with van der Waals surface area (Å²) in [5.41, 5.74) is -1.17. The Hall–Kier alpha value is -1.77. The molecule has 0 radical (unpaired) electrons. The Morgan fingerprint density at radius 1 is 1.23 bits per heavy atom. The van der Waals surface area contributed by atoms with Crippen molar-refractivity contribution < 1.29 is 31.1 Å². The van der Waals surface area contributed by atoms with E-state index in [9.17, 15) is 26.4 Å². The van der Waals surface area contributed by atoms with Gasteiger partial charge < -0.3 is 4.74 Å². The van der Waals surface area contributed by atoms with Gasteiger partial charge in [-0.15, -0.1) is 13.2 Å². The van der Waals surface area contributed by atoms with Crippen molar-refractivity contribution in [2.24, 2.45) is 16.7 Å². The van der Waals surface area contributed by atoms with Gasteiger partial charge in [0.25, 0.3) is 0 Å². The van der Waals surface area contributed by atoms with Gasteiger partial charge in [0.05, 0.1) is 11.2 Å². The Balaban J connectivity index is 1.75. The maximum Gasteiger partial charge on any atom is 0.573 e. The third kappa shape index (κ3) is 3.28. The van der Waals surface area contributed by atoms with Crippen LogP contribution in [0, 0.1) is 16.7 Å². The predicted octanol–water partition coefficient (Wildman–Crippen LogP) is 3.72. The number of benzene rings is 1. The summed E-state index contributed by atoms with van der Waals surface area (Å²) in [5.74, 6) is -0.574. The van der Waals surface area contributed by atoms with Gasteiger partial charge in [0.15, 0.2) is 0 Å². The summed E-state index contributed by atoms with van der Waals surface area (Å²) < 4.78 is 67.8. The monoisotopic (exact) mass is 391 g/mol. The van der Waals surface area contributed by atoms with Crippen LogP contribution < -0.4 is 9.46 Å². The fourth-order valence-electron chi connectivity index (χ4n) is 4.37. The minimum atomic E-state index is -4.81. The van der Waals surface area contributed by atoms with Gasteiger partial charge in [-0.2, -0.15) is 0 Å². The quantitative estimate of drug-likeness (QED) is 0.830. The molecule has 2 aliphatic rings. The van der Waals surface area contributed by atoms with E-state index in [0.717, 1.165) is 18.6 Å². The van der Waals surface area contributed by atoms with E-state index in [4.69, 9.17) is 0 Å². The molecule has 2 aliphatic carbocycles. The standard InChI is InChI=1S/C17H20F3NO4S/c1-15(2)11-7-8-16(15,14(22)9-11)10-26(23,24)21-12-3-5-13(6-4-12)25-17(18,19)20/h3-6,11,21H,7-10H2,1-2H3/t11-,16-/m0/s1. The third-order valence-electron chi connectivity index (χ3n) is 5.94. The number of halogens is 3. The second-order valence-corrected chi connectivity index (χ2v) is 9.32. The topological polar surface area (TPSA) is 72.5 Å². The number of nitrogens with one attached hydrogen (secondary N) is 1. The molecule has 3 rings (SSSR count). The average Bonchev–Trinajstić information content (AvgIpc) is 2.81. The van der Waals surface area contributed by atoms with Crippen molar-refractivity contribution in [1.29, 1.82) is 0 Å². The van der Waals surface area contributed by atoms with Crippen LogP contribution in [-0.4, -0.2) is 26.3 Å². The molecule has 26 heavy (non-hydrogen) atoms. The first kappa shape index (κ1) is 19.0. The highest BCUT2D eigenvalue weighted by atomic mass is 32.2. The highest BCUT2D eigenvalue weighted by molar-refractivity contribution is 7.92. The number of ketones is 1. The molecule has 0 spiro atoms. The summed E-state index contributed by atoms with van der Waals surface area (Å²) in [6.45, 7) is 3.88. The maximum absolute atomic E-state index is 12.6. The molecule has 0 unspecified atom stereocenters. The van der Waals surface area contributed by atoms with E-state index in [2.05, 4.69) is 9.46 Å². The Labute approximate surface area is 150 Å². The summed E-state index contributed by atoms with van der Waals surface area (Å²) in [6, 6.07) is 4.44. The number of sulfonamides is 1. The second-order valence-electron chi connectivity index (χ2n) is 7.60. The first-order chi connectivity index (χ1) is 11.8. The van der Waals surface area contributed by atoms with Crippen molar-refractivity contribution in [3.05, 3.63) is 24.3 Å². The van der Waals surface area contributed by atoms with Crippen molar-refractivity contribution in [3.63, 3.8) is 0 Å². The summed E-state index contributed by atoms with van der Waals surface area (Å²) in [5, 5.41) is 0. The van der Waals surface area contributed by atoms with E-state index in [1.165, 1.54) is 12.1 Å². The van der Waals surface area contributed by atoms with Crippen molar-refractivity contribution in [2.45, 2.75) is 39.5 Å². The Morgan fingerprint density at radius 3 is 2.31 bits per heavy atom. The minimum absolute atomic E-state index is 0.0157. The van der Waals surface area contributed by atoms with Crippen molar-refractivity contribution in [3.8, 4) is 5.75 Å². The minimum Gasteiger partial charge on any atom is -0.406 e.